The van der Waals surface area contributed by atoms with Crippen LogP contribution < -0.4 is 15.2 Å². The van der Waals surface area contributed by atoms with E-state index in [1.807, 2.05) is 25.1 Å². The number of nitrogen functional groups attached to an aromatic ring is 1. The zero-order valence-corrected chi connectivity index (χ0v) is 12.6. The summed E-state index contributed by atoms with van der Waals surface area (Å²) < 4.78 is 11.7. The van der Waals surface area contributed by atoms with E-state index in [1.54, 1.807) is 0 Å². The van der Waals surface area contributed by atoms with Crippen LogP contribution in [0.25, 0.3) is 0 Å². The van der Waals surface area contributed by atoms with Gasteiger partial charge in [-0.25, -0.2) is 0 Å². The first-order valence-corrected chi connectivity index (χ1v) is 7.36. The Morgan fingerprint density at radius 1 is 1.19 bits per heavy atom. The molecule has 0 aliphatic carbocycles. The van der Waals surface area contributed by atoms with E-state index < -0.39 is 0 Å². The average molecular weight is 283 g/mol. The lowest BCUT2D eigenvalue weighted by Gasteiger charge is -2.26. The predicted octanol–water partition coefficient (Wildman–Crippen LogP) is 3.83. The Kier molecular flexibility index (Phi) is 3.74. The van der Waals surface area contributed by atoms with Crippen LogP contribution in [-0.2, 0) is 0 Å². The molecule has 0 radical (unpaired) electrons. The van der Waals surface area contributed by atoms with Crippen LogP contribution in [0.1, 0.15) is 29.0 Å². The van der Waals surface area contributed by atoms with Crippen LogP contribution in [0.4, 0.5) is 5.69 Å². The fourth-order valence-electron chi connectivity index (χ4n) is 2.78. The summed E-state index contributed by atoms with van der Waals surface area (Å²) in [5.74, 6) is 2.23. The second-order valence-electron chi connectivity index (χ2n) is 5.66. The van der Waals surface area contributed by atoms with Crippen molar-refractivity contribution in [3.63, 3.8) is 0 Å². The molecule has 0 spiro atoms. The number of hydrogen-bond donors (Lipinski definition) is 1. The fourth-order valence-corrected chi connectivity index (χ4v) is 2.78. The normalized spacial score (nSPS) is 17.0. The molecule has 0 bridgehead atoms. The van der Waals surface area contributed by atoms with Gasteiger partial charge in [0.1, 0.15) is 11.5 Å². The van der Waals surface area contributed by atoms with Crippen molar-refractivity contribution in [2.24, 2.45) is 0 Å². The Morgan fingerprint density at radius 2 is 2.00 bits per heavy atom. The average Bonchev–Trinajstić information content (AvgIpc) is 2.49. The Bertz CT molecular complexity index is 652. The van der Waals surface area contributed by atoms with E-state index in [0.717, 1.165) is 41.3 Å². The molecule has 1 atom stereocenters. The monoisotopic (exact) mass is 283 g/mol. The molecule has 0 fully saturated rings. The van der Waals surface area contributed by atoms with Crippen LogP contribution in [-0.4, -0.2) is 13.2 Å². The molecule has 2 N–H and O–H groups in total. The Hall–Kier alpha value is -2.16. The SMILES string of the molecule is Cc1cc(C)c(OCC2CCOc3ccccc32)cc1N. The summed E-state index contributed by atoms with van der Waals surface area (Å²) in [5, 5.41) is 0. The molecule has 1 heterocycles. The van der Waals surface area contributed by atoms with E-state index in [2.05, 4.69) is 25.1 Å². The summed E-state index contributed by atoms with van der Waals surface area (Å²) in [6, 6.07) is 12.2. The molecule has 0 saturated heterocycles. The summed E-state index contributed by atoms with van der Waals surface area (Å²) in [7, 11) is 0. The lowest BCUT2D eigenvalue weighted by Crippen LogP contribution is -2.19. The Morgan fingerprint density at radius 3 is 2.86 bits per heavy atom. The zero-order valence-electron chi connectivity index (χ0n) is 12.6. The van der Waals surface area contributed by atoms with Gasteiger partial charge < -0.3 is 15.2 Å². The highest BCUT2D eigenvalue weighted by molar-refractivity contribution is 5.54. The van der Waals surface area contributed by atoms with Crippen LogP contribution in [0.15, 0.2) is 36.4 Å². The molecule has 3 nitrogen and oxygen atoms in total. The molecule has 0 aromatic heterocycles. The van der Waals surface area contributed by atoms with Crippen molar-refractivity contribution in [1.82, 2.24) is 0 Å². The van der Waals surface area contributed by atoms with Gasteiger partial charge in [0.15, 0.2) is 0 Å². The maximum atomic E-state index is 6.03. The van der Waals surface area contributed by atoms with Crippen LogP contribution in [0, 0.1) is 13.8 Å². The zero-order chi connectivity index (χ0) is 14.8. The number of aryl methyl sites for hydroxylation is 2. The van der Waals surface area contributed by atoms with E-state index in [1.165, 1.54) is 5.56 Å². The van der Waals surface area contributed by atoms with Gasteiger partial charge in [0, 0.05) is 23.2 Å². The summed E-state index contributed by atoms with van der Waals surface area (Å²) in [6.45, 7) is 5.48. The summed E-state index contributed by atoms with van der Waals surface area (Å²) >= 11 is 0. The largest absolute Gasteiger partial charge is 0.493 e. The molecule has 1 aliphatic heterocycles. The minimum Gasteiger partial charge on any atom is -0.493 e. The third kappa shape index (κ3) is 2.82. The maximum absolute atomic E-state index is 6.03. The van der Waals surface area contributed by atoms with Crippen LogP contribution in [0.2, 0.25) is 0 Å². The van der Waals surface area contributed by atoms with E-state index in [0.29, 0.717) is 12.5 Å². The lowest BCUT2D eigenvalue weighted by molar-refractivity contribution is 0.217. The standard InChI is InChI=1S/C18H21NO2/c1-12-9-13(2)18(10-16(12)19)21-11-14-7-8-20-17-6-4-3-5-15(14)17/h3-6,9-10,14H,7-8,11,19H2,1-2H3. The van der Waals surface area contributed by atoms with Crippen LogP contribution in [0.3, 0.4) is 0 Å². The number of ether oxygens (including phenoxy) is 2. The van der Waals surface area contributed by atoms with E-state index in [-0.39, 0.29) is 0 Å². The predicted molar refractivity (Wildman–Crippen MR) is 85.1 cm³/mol. The van der Waals surface area contributed by atoms with Crippen molar-refractivity contribution in [2.75, 3.05) is 18.9 Å². The third-order valence-corrected chi connectivity index (χ3v) is 4.09. The number of benzene rings is 2. The fraction of sp³-hybridized carbons (Fsp3) is 0.333. The first-order valence-electron chi connectivity index (χ1n) is 7.36. The Balaban J connectivity index is 1.76. The highest BCUT2D eigenvalue weighted by atomic mass is 16.5. The molecular formula is C18H21NO2. The summed E-state index contributed by atoms with van der Waals surface area (Å²) in [5.41, 5.74) is 10.2. The van der Waals surface area contributed by atoms with Crippen molar-refractivity contribution in [3.05, 3.63) is 53.1 Å². The number of hydrogen-bond acceptors (Lipinski definition) is 3. The molecule has 110 valence electrons. The number of nitrogens with two attached hydrogens (primary N) is 1. The molecule has 0 amide bonds. The van der Waals surface area contributed by atoms with Crippen molar-refractivity contribution in [3.8, 4) is 11.5 Å². The van der Waals surface area contributed by atoms with Crippen molar-refractivity contribution in [1.29, 1.82) is 0 Å². The first kappa shape index (κ1) is 13.8. The number of anilines is 1. The van der Waals surface area contributed by atoms with Gasteiger partial charge in [-0.05, 0) is 37.5 Å². The van der Waals surface area contributed by atoms with Crippen molar-refractivity contribution >= 4 is 5.69 Å². The second-order valence-corrected chi connectivity index (χ2v) is 5.66. The van der Waals surface area contributed by atoms with Gasteiger partial charge in [0.25, 0.3) is 0 Å². The lowest BCUT2D eigenvalue weighted by atomic mass is 9.94. The molecule has 1 unspecified atom stereocenters. The van der Waals surface area contributed by atoms with E-state index in [4.69, 9.17) is 15.2 Å². The second kappa shape index (κ2) is 5.68. The molecule has 21 heavy (non-hydrogen) atoms. The Labute approximate surface area is 125 Å². The number of para-hydroxylation sites is 1. The van der Waals surface area contributed by atoms with Gasteiger partial charge in [-0.15, -0.1) is 0 Å². The minimum atomic E-state index is 0.372. The van der Waals surface area contributed by atoms with E-state index >= 15 is 0 Å². The molecule has 2 aromatic carbocycles. The van der Waals surface area contributed by atoms with Gasteiger partial charge in [-0.1, -0.05) is 24.3 Å². The van der Waals surface area contributed by atoms with Crippen molar-refractivity contribution in [2.45, 2.75) is 26.2 Å². The highest BCUT2D eigenvalue weighted by Crippen LogP contribution is 2.34. The van der Waals surface area contributed by atoms with Gasteiger partial charge in [0.2, 0.25) is 0 Å². The van der Waals surface area contributed by atoms with Gasteiger partial charge in [0.05, 0.1) is 13.2 Å². The first-order chi connectivity index (χ1) is 10.1. The number of fused-ring (bicyclic) bond motifs is 1. The molecule has 0 saturated carbocycles. The minimum absolute atomic E-state index is 0.372. The molecular weight excluding hydrogens is 262 g/mol. The van der Waals surface area contributed by atoms with Crippen LogP contribution in [0.5, 0.6) is 11.5 Å². The molecule has 3 rings (SSSR count). The highest BCUT2D eigenvalue weighted by Gasteiger charge is 2.21. The van der Waals surface area contributed by atoms with Gasteiger partial charge in [-0.2, -0.15) is 0 Å². The summed E-state index contributed by atoms with van der Waals surface area (Å²) in [4.78, 5) is 0. The number of rotatable bonds is 3. The molecule has 1 aliphatic rings. The summed E-state index contributed by atoms with van der Waals surface area (Å²) in [6.07, 6.45) is 0.984. The van der Waals surface area contributed by atoms with Gasteiger partial charge >= 0.3 is 0 Å². The van der Waals surface area contributed by atoms with E-state index in [9.17, 15) is 0 Å². The van der Waals surface area contributed by atoms with Gasteiger partial charge in [-0.3, -0.25) is 0 Å². The molecule has 3 heteroatoms. The molecule has 2 aromatic rings. The quantitative estimate of drug-likeness (QED) is 0.871. The topological polar surface area (TPSA) is 44.5 Å². The maximum Gasteiger partial charge on any atom is 0.124 e. The van der Waals surface area contributed by atoms with Crippen molar-refractivity contribution < 1.29 is 9.47 Å². The van der Waals surface area contributed by atoms with Crippen LogP contribution >= 0.6 is 0 Å². The smallest absolute Gasteiger partial charge is 0.124 e. The third-order valence-electron chi connectivity index (χ3n) is 4.09.